The lowest BCUT2D eigenvalue weighted by molar-refractivity contribution is -0.0869. The summed E-state index contributed by atoms with van der Waals surface area (Å²) in [6, 6.07) is 6.38. The number of aliphatic hydroxyl groups excluding tert-OH is 2. The summed E-state index contributed by atoms with van der Waals surface area (Å²) in [4.78, 5) is 13.9. The molecule has 2 aromatic rings. The van der Waals surface area contributed by atoms with Crippen molar-refractivity contribution in [2.45, 2.75) is 87.2 Å². The van der Waals surface area contributed by atoms with Crippen molar-refractivity contribution in [1.29, 1.82) is 5.26 Å². The van der Waals surface area contributed by atoms with Crippen molar-refractivity contribution in [2.75, 3.05) is 50.1 Å². The SMILES string of the molecule is C/C=C\C1CC[C@@]2(Cc3nc(OC[C@@]45CCCN4C[C@H](F)C5)nc(N4CCC4(CO)CO)c3CO2)c2c1ccc(N)c2C#N. The van der Waals surface area contributed by atoms with Gasteiger partial charge >= 0.3 is 6.01 Å². The van der Waals surface area contributed by atoms with Crippen molar-refractivity contribution in [3.8, 4) is 12.1 Å². The van der Waals surface area contributed by atoms with Crippen LogP contribution in [0.1, 0.15) is 79.3 Å². The molecule has 5 aliphatic rings. The number of aromatic nitrogens is 2. The Bertz CT molecular complexity index is 1520. The minimum Gasteiger partial charge on any atom is -0.461 e. The smallest absolute Gasteiger partial charge is 0.318 e. The summed E-state index contributed by atoms with van der Waals surface area (Å²) in [5.74, 6) is 0.731. The zero-order valence-corrected chi connectivity index (χ0v) is 25.3. The standard InChI is InChI=1S/C33H41FN6O4/c1-2-4-21-7-9-33(28-23(21)5-6-26(36)24(28)15-35)14-27-25(17-44-33)29(40-12-10-32(40,18-41)19-42)38-30(37-27)43-20-31-8-3-11-39(31)16-22(34)13-31/h2,4-6,21-22,41-42H,3,7-14,16-20,36H2,1H3/b4-2-/t21?,22-,31+,33-/m1/s1. The highest BCUT2D eigenvalue weighted by molar-refractivity contribution is 5.65. The van der Waals surface area contributed by atoms with Gasteiger partial charge in [-0.2, -0.15) is 15.2 Å². The number of nitrogen functional groups attached to an aromatic ring is 1. The van der Waals surface area contributed by atoms with Crippen LogP contribution in [0.5, 0.6) is 6.01 Å². The van der Waals surface area contributed by atoms with Crippen LogP contribution < -0.4 is 15.4 Å². The van der Waals surface area contributed by atoms with E-state index in [-0.39, 0.29) is 37.3 Å². The third kappa shape index (κ3) is 4.41. The molecule has 4 atom stereocenters. The molecule has 4 aliphatic heterocycles. The van der Waals surface area contributed by atoms with Crippen LogP contribution in [0.25, 0.3) is 0 Å². The number of ether oxygens (including phenoxy) is 2. The first kappa shape index (κ1) is 29.4. The molecule has 1 unspecified atom stereocenters. The summed E-state index contributed by atoms with van der Waals surface area (Å²) in [6.45, 7) is 3.96. The highest BCUT2D eigenvalue weighted by Crippen LogP contribution is 2.52. The highest BCUT2D eigenvalue weighted by Gasteiger charge is 2.51. The van der Waals surface area contributed by atoms with Crippen LogP contribution in [0, 0.1) is 11.3 Å². The van der Waals surface area contributed by atoms with E-state index in [0.717, 1.165) is 48.2 Å². The first-order valence-corrected chi connectivity index (χ1v) is 15.8. The number of nitrogens with two attached hydrogens (primary N) is 1. The number of anilines is 2. The summed E-state index contributed by atoms with van der Waals surface area (Å²) >= 11 is 0. The average molecular weight is 605 g/mol. The zero-order valence-electron chi connectivity index (χ0n) is 25.3. The number of alkyl halides is 1. The van der Waals surface area contributed by atoms with Gasteiger partial charge in [0, 0.05) is 48.7 Å². The summed E-state index contributed by atoms with van der Waals surface area (Å²) in [5, 5.41) is 30.8. The van der Waals surface area contributed by atoms with Crippen LogP contribution in [-0.4, -0.2) is 81.8 Å². The molecule has 1 spiro atoms. The Morgan fingerprint density at radius 2 is 2.07 bits per heavy atom. The molecular formula is C33H41FN6O4. The fourth-order valence-corrected chi connectivity index (χ4v) is 8.48. The molecule has 0 saturated carbocycles. The monoisotopic (exact) mass is 604 g/mol. The normalized spacial score (nSPS) is 30.6. The van der Waals surface area contributed by atoms with Gasteiger partial charge in [-0.25, -0.2) is 4.39 Å². The number of nitrogens with zero attached hydrogens (tertiary/aromatic N) is 5. The quantitative estimate of drug-likeness (QED) is 0.319. The van der Waals surface area contributed by atoms with Crippen LogP contribution >= 0.6 is 0 Å². The molecular weight excluding hydrogens is 563 g/mol. The van der Waals surface area contributed by atoms with Crippen molar-refractivity contribution >= 4 is 11.5 Å². The summed E-state index contributed by atoms with van der Waals surface area (Å²) in [6.07, 6.45) is 8.19. The van der Waals surface area contributed by atoms with Crippen LogP contribution in [-0.2, 0) is 23.4 Å². The number of fused-ring (bicyclic) bond motifs is 4. The summed E-state index contributed by atoms with van der Waals surface area (Å²) in [7, 11) is 0. The largest absolute Gasteiger partial charge is 0.461 e. The maximum absolute atomic E-state index is 14.5. The van der Waals surface area contributed by atoms with Gasteiger partial charge in [-0.05, 0) is 57.2 Å². The predicted molar refractivity (Wildman–Crippen MR) is 162 cm³/mol. The van der Waals surface area contributed by atoms with E-state index in [9.17, 15) is 19.9 Å². The predicted octanol–water partition coefficient (Wildman–Crippen LogP) is 3.24. The lowest BCUT2D eigenvalue weighted by Crippen LogP contribution is -2.65. The minimum absolute atomic E-state index is 0.147. The Labute approximate surface area is 257 Å². The number of hydrogen-bond donors (Lipinski definition) is 3. The lowest BCUT2D eigenvalue weighted by Gasteiger charge is -2.52. The van der Waals surface area contributed by atoms with E-state index in [1.807, 2.05) is 24.0 Å². The number of nitriles is 1. The molecule has 0 radical (unpaired) electrons. The second-order valence-corrected chi connectivity index (χ2v) is 13.3. The van der Waals surface area contributed by atoms with Crippen LogP contribution in [0.4, 0.5) is 15.9 Å². The van der Waals surface area contributed by atoms with E-state index >= 15 is 0 Å². The Hall–Kier alpha value is -3.30. The molecule has 11 heteroatoms. The number of hydrogen-bond acceptors (Lipinski definition) is 10. The molecule has 7 rings (SSSR count). The van der Waals surface area contributed by atoms with Gasteiger partial charge in [0.1, 0.15) is 30.3 Å². The van der Waals surface area contributed by atoms with Gasteiger partial charge in [0.2, 0.25) is 0 Å². The van der Waals surface area contributed by atoms with Crippen molar-refractivity contribution in [3.05, 3.63) is 52.2 Å². The molecule has 4 N–H and O–H groups in total. The van der Waals surface area contributed by atoms with Crippen molar-refractivity contribution in [1.82, 2.24) is 14.9 Å². The first-order valence-electron chi connectivity index (χ1n) is 15.8. The van der Waals surface area contributed by atoms with Crippen LogP contribution in [0.2, 0.25) is 0 Å². The molecule has 234 valence electrons. The number of rotatable bonds is 7. The molecule has 1 aromatic carbocycles. The van der Waals surface area contributed by atoms with Crippen LogP contribution in [0.15, 0.2) is 24.3 Å². The first-order chi connectivity index (χ1) is 21.3. The van der Waals surface area contributed by atoms with Gasteiger partial charge in [-0.1, -0.05) is 18.2 Å². The summed E-state index contributed by atoms with van der Waals surface area (Å²) < 4.78 is 27.6. The van der Waals surface area contributed by atoms with E-state index in [1.54, 1.807) is 6.07 Å². The Balaban J connectivity index is 1.30. The Kier molecular flexibility index (Phi) is 7.32. The van der Waals surface area contributed by atoms with E-state index in [0.29, 0.717) is 62.4 Å². The molecule has 5 heterocycles. The topological polar surface area (TPSA) is 141 Å². The second-order valence-electron chi connectivity index (χ2n) is 13.3. The molecule has 1 aromatic heterocycles. The second kappa shape index (κ2) is 10.9. The van der Waals surface area contributed by atoms with Gasteiger partial charge in [0.25, 0.3) is 0 Å². The number of aliphatic hydroxyl groups is 2. The zero-order chi connectivity index (χ0) is 30.7. The number of halogens is 1. The third-order valence-electron chi connectivity index (χ3n) is 11.0. The van der Waals surface area contributed by atoms with Gasteiger partial charge in [0.15, 0.2) is 0 Å². The van der Waals surface area contributed by atoms with Gasteiger partial charge < -0.3 is 30.3 Å². The minimum atomic E-state index is -0.869. The van der Waals surface area contributed by atoms with Crippen molar-refractivity contribution in [2.24, 2.45) is 0 Å². The maximum Gasteiger partial charge on any atom is 0.318 e. The maximum atomic E-state index is 14.5. The third-order valence-corrected chi connectivity index (χ3v) is 11.0. The molecule has 10 nitrogen and oxygen atoms in total. The van der Waals surface area contributed by atoms with E-state index in [1.165, 1.54) is 0 Å². The Morgan fingerprint density at radius 1 is 1.23 bits per heavy atom. The molecule has 0 bridgehead atoms. The van der Waals surface area contributed by atoms with Gasteiger partial charge in [-0.3, -0.25) is 4.90 Å². The number of benzene rings is 1. The van der Waals surface area contributed by atoms with Crippen molar-refractivity contribution < 1.29 is 24.1 Å². The van der Waals surface area contributed by atoms with Crippen LogP contribution in [0.3, 0.4) is 0 Å². The molecule has 0 amide bonds. The fraction of sp³-hybridized carbons (Fsp3) is 0.606. The van der Waals surface area contributed by atoms with Gasteiger partial charge in [0.05, 0.1) is 42.2 Å². The van der Waals surface area contributed by atoms with E-state index in [2.05, 4.69) is 17.0 Å². The molecule has 3 saturated heterocycles. The van der Waals surface area contributed by atoms with Crippen molar-refractivity contribution in [3.63, 3.8) is 0 Å². The lowest BCUT2D eigenvalue weighted by atomic mass is 9.69. The van der Waals surface area contributed by atoms with E-state index < -0.39 is 17.3 Å². The van der Waals surface area contributed by atoms with E-state index in [4.69, 9.17) is 25.2 Å². The Morgan fingerprint density at radius 3 is 2.80 bits per heavy atom. The average Bonchev–Trinajstić information content (AvgIpc) is 3.53. The molecule has 3 fully saturated rings. The molecule has 1 aliphatic carbocycles. The number of allylic oxidation sites excluding steroid dienone is 2. The molecule has 44 heavy (non-hydrogen) atoms. The highest BCUT2D eigenvalue weighted by atomic mass is 19.1. The van der Waals surface area contributed by atoms with Gasteiger partial charge in [-0.15, -0.1) is 0 Å². The fourth-order valence-electron chi connectivity index (χ4n) is 8.48. The summed E-state index contributed by atoms with van der Waals surface area (Å²) in [5.41, 5.74) is 8.64.